The van der Waals surface area contributed by atoms with Gasteiger partial charge in [0.1, 0.15) is 11.8 Å². The molecule has 0 heterocycles. The number of benzene rings is 3. The first-order valence-corrected chi connectivity index (χ1v) is 13.0. The molecule has 0 aliphatic carbocycles. The van der Waals surface area contributed by atoms with E-state index in [4.69, 9.17) is 16.3 Å². The average molecular weight is 507 g/mol. The summed E-state index contributed by atoms with van der Waals surface area (Å²) < 4.78 is 5.84. The second kappa shape index (κ2) is 14.3. The van der Waals surface area contributed by atoms with E-state index in [-0.39, 0.29) is 25.0 Å². The number of ether oxygens (including phenoxy) is 1. The lowest BCUT2D eigenvalue weighted by atomic mass is 10.0. The summed E-state index contributed by atoms with van der Waals surface area (Å²) in [5.41, 5.74) is 2.95. The second-order valence-electron chi connectivity index (χ2n) is 8.75. The maximum absolute atomic E-state index is 13.6. The molecule has 0 bridgehead atoms. The molecule has 3 rings (SSSR count). The Hall–Kier alpha value is -3.31. The minimum atomic E-state index is -0.709. The van der Waals surface area contributed by atoms with Crippen molar-refractivity contribution in [2.75, 3.05) is 13.2 Å². The summed E-state index contributed by atoms with van der Waals surface area (Å²) in [5, 5.41) is 3.57. The van der Waals surface area contributed by atoms with Gasteiger partial charge >= 0.3 is 0 Å². The van der Waals surface area contributed by atoms with Crippen molar-refractivity contribution < 1.29 is 14.3 Å². The summed E-state index contributed by atoms with van der Waals surface area (Å²) in [4.78, 5) is 28.6. The molecule has 0 saturated carbocycles. The fourth-order valence-corrected chi connectivity index (χ4v) is 4.12. The largest absolute Gasteiger partial charge is 0.484 e. The number of hydrogen-bond acceptors (Lipinski definition) is 3. The highest BCUT2D eigenvalue weighted by molar-refractivity contribution is 6.31. The lowest BCUT2D eigenvalue weighted by molar-refractivity contribution is -0.142. The highest BCUT2D eigenvalue weighted by Gasteiger charge is 2.31. The molecule has 0 aliphatic rings. The molecule has 0 unspecified atom stereocenters. The molecule has 3 aromatic carbocycles. The van der Waals surface area contributed by atoms with E-state index in [1.165, 1.54) is 5.56 Å². The molecule has 0 saturated heterocycles. The van der Waals surface area contributed by atoms with Crippen molar-refractivity contribution in [3.8, 4) is 5.75 Å². The van der Waals surface area contributed by atoms with Crippen LogP contribution in [0.15, 0.2) is 78.9 Å². The number of aryl methyl sites for hydroxylation is 1. The molecule has 0 aliphatic heterocycles. The van der Waals surface area contributed by atoms with E-state index in [0.29, 0.717) is 23.7 Å². The molecule has 0 spiro atoms. The number of amides is 2. The van der Waals surface area contributed by atoms with Gasteiger partial charge in [0.25, 0.3) is 5.91 Å². The van der Waals surface area contributed by atoms with Crippen LogP contribution in [0.1, 0.15) is 43.4 Å². The summed E-state index contributed by atoms with van der Waals surface area (Å²) in [5.74, 6) is 0.159. The van der Waals surface area contributed by atoms with Crippen molar-refractivity contribution in [3.63, 3.8) is 0 Å². The number of carbonyl (C=O) groups is 2. The Morgan fingerprint density at radius 3 is 2.28 bits per heavy atom. The summed E-state index contributed by atoms with van der Waals surface area (Å²) in [6.45, 7) is 4.75. The maximum atomic E-state index is 13.6. The van der Waals surface area contributed by atoms with E-state index in [0.717, 1.165) is 30.4 Å². The van der Waals surface area contributed by atoms with Gasteiger partial charge in [-0.1, -0.05) is 92.5 Å². The van der Waals surface area contributed by atoms with Crippen molar-refractivity contribution in [3.05, 3.63) is 101 Å². The van der Waals surface area contributed by atoms with E-state index in [9.17, 15) is 9.59 Å². The standard InChI is InChI=1S/C30H35ClN2O3/c1-3-5-19-32-30(35)28(20-24-11-7-6-8-12-24)33(21-25-13-9-10-14-27(25)31)29(34)22-36-26-17-15-23(4-2)16-18-26/h6-18,28H,3-5,19-22H2,1-2H3,(H,32,35)/t28-/m0/s1. The molecule has 190 valence electrons. The molecule has 36 heavy (non-hydrogen) atoms. The van der Waals surface area contributed by atoms with Crippen LogP contribution in [0.4, 0.5) is 0 Å². The molecule has 2 amide bonds. The van der Waals surface area contributed by atoms with Crippen LogP contribution >= 0.6 is 11.6 Å². The minimum Gasteiger partial charge on any atom is -0.484 e. The van der Waals surface area contributed by atoms with Gasteiger partial charge in [-0.3, -0.25) is 9.59 Å². The molecular formula is C30H35ClN2O3. The van der Waals surface area contributed by atoms with Gasteiger partial charge in [-0.25, -0.2) is 0 Å². The number of unbranched alkanes of at least 4 members (excludes halogenated alkanes) is 1. The zero-order valence-corrected chi connectivity index (χ0v) is 21.8. The molecular weight excluding hydrogens is 472 g/mol. The molecule has 1 N–H and O–H groups in total. The Morgan fingerprint density at radius 2 is 1.61 bits per heavy atom. The number of nitrogens with zero attached hydrogens (tertiary/aromatic N) is 1. The lowest BCUT2D eigenvalue weighted by Crippen LogP contribution is -2.51. The summed E-state index contributed by atoms with van der Waals surface area (Å²) in [6.07, 6.45) is 3.16. The van der Waals surface area contributed by atoms with Gasteiger partial charge in [0.2, 0.25) is 5.91 Å². The van der Waals surface area contributed by atoms with Gasteiger partial charge in [-0.15, -0.1) is 0 Å². The lowest BCUT2D eigenvalue weighted by Gasteiger charge is -2.31. The van der Waals surface area contributed by atoms with E-state index in [1.54, 1.807) is 11.0 Å². The third-order valence-electron chi connectivity index (χ3n) is 6.09. The fraction of sp³-hybridized carbons (Fsp3) is 0.333. The quantitative estimate of drug-likeness (QED) is 0.296. The monoisotopic (exact) mass is 506 g/mol. The third-order valence-corrected chi connectivity index (χ3v) is 6.46. The molecule has 0 radical (unpaired) electrons. The molecule has 0 fully saturated rings. The number of nitrogens with one attached hydrogen (secondary N) is 1. The predicted molar refractivity (Wildman–Crippen MR) is 145 cm³/mol. The molecule has 1 atom stereocenters. The number of rotatable bonds is 13. The number of halogens is 1. The van der Waals surface area contributed by atoms with Crippen LogP contribution in [0.25, 0.3) is 0 Å². The van der Waals surface area contributed by atoms with Crippen molar-refractivity contribution >= 4 is 23.4 Å². The Labute approximate surface area is 219 Å². The highest BCUT2D eigenvalue weighted by atomic mass is 35.5. The Bertz CT molecular complexity index is 1100. The van der Waals surface area contributed by atoms with Crippen molar-refractivity contribution in [1.29, 1.82) is 0 Å². The smallest absolute Gasteiger partial charge is 0.261 e. The Balaban J connectivity index is 1.87. The van der Waals surface area contributed by atoms with Crippen LogP contribution < -0.4 is 10.1 Å². The Morgan fingerprint density at radius 1 is 0.917 bits per heavy atom. The van der Waals surface area contributed by atoms with Crippen LogP contribution in [0.5, 0.6) is 5.75 Å². The van der Waals surface area contributed by atoms with E-state index in [1.807, 2.05) is 72.8 Å². The van der Waals surface area contributed by atoms with E-state index in [2.05, 4.69) is 19.2 Å². The predicted octanol–water partition coefficient (Wildman–Crippen LogP) is 5.84. The van der Waals surface area contributed by atoms with Gasteiger partial charge in [-0.05, 0) is 47.7 Å². The van der Waals surface area contributed by atoms with Crippen molar-refractivity contribution in [1.82, 2.24) is 10.2 Å². The SMILES string of the molecule is CCCCNC(=O)[C@H](Cc1ccccc1)N(Cc1ccccc1Cl)C(=O)COc1ccc(CC)cc1. The van der Waals surface area contributed by atoms with Gasteiger partial charge in [0.15, 0.2) is 6.61 Å². The molecule has 6 heteroatoms. The highest BCUT2D eigenvalue weighted by Crippen LogP contribution is 2.21. The van der Waals surface area contributed by atoms with Crippen LogP contribution in [0.2, 0.25) is 5.02 Å². The first-order valence-electron chi connectivity index (χ1n) is 12.6. The first kappa shape index (κ1) is 27.3. The van der Waals surface area contributed by atoms with Gasteiger partial charge < -0.3 is 15.0 Å². The summed E-state index contributed by atoms with van der Waals surface area (Å²) >= 11 is 6.45. The Kier molecular flexibility index (Phi) is 10.8. The molecule has 3 aromatic rings. The topological polar surface area (TPSA) is 58.6 Å². The van der Waals surface area contributed by atoms with Gasteiger partial charge in [0, 0.05) is 24.5 Å². The van der Waals surface area contributed by atoms with Crippen molar-refractivity contribution in [2.24, 2.45) is 0 Å². The zero-order chi connectivity index (χ0) is 25.8. The minimum absolute atomic E-state index is 0.177. The van der Waals surface area contributed by atoms with Gasteiger partial charge in [0.05, 0.1) is 0 Å². The summed E-state index contributed by atoms with van der Waals surface area (Å²) in [7, 11) is 0. The van der Waals surface area contributed by atoms with E-state index < -0.39 is 6.04 Å². The fourth-order valence-electron chi connectivity index (χ4n) is 3.92. The average Bonchev–Trinajstić information content (AvgIpc) is 2.91. The van der Waals surface area contributed by atoms with Crippen LogP contribution in [0.3, 0.4) is 0 Å². The molecule has 0 aromatic heterocycles. The van der Waals surface area contributed by atoms with Gasteiger partial charge in [-0.2, -0.15) is 0 Å². The first-order chi connectivity index (χ1) is 17.5. The molecule has 5 nitrogen and oxygen atoms in total. The van der Waals surface area contributed by atoms with E-state index >= 15 is 0 Å². The maximum Gasteiger partial charge on any atom is 0.261 e. The van der Waals surface area contributed by atoms with Crippen molar-refractivity contribution in [2.45, 2.75) is 52.1 Å². The van der Waals surface area contributed by atoms with Crippen LogP contribution in [-0.4, -0.2) is 35.9 Å². The third kappa shape index (κ3) is 8.13. The summed E-state index contributed by atoms with van der Waals surface area (Å²) in [6, 6.07) is 24.1. The second-order valence-corrected chi connectivity index (χ2v) is 9.16. The number of carbonyl (C=O) groups excluding carboxylic acids is 2. The normalized spacial score (nSPS) is 11.5. The van der Waals surface area contributed by atoms with Crippen LogP contribution in [-0.2, 0) is 29.0 Å². The van der Waals surface area contributed by atoms with Crippen LogP contribution in [0, 0.1) is 0 Å². The zero-order valence-electron chi connectivity index (χ0n) is 21.1. The number of hydrogen-bond donors (Lipinski definition) is 1.